The van der Waals surface area contributed by atoms with Gasteiger partial charge in [0.05, 0.1) is 11.9 Å². The Balaban J connectivity index is 2.10. The van der Waals surface area contributed by atoms with Gasteiger partial charge in [-0.3, -0.25) is 4.98 Å². The number of pyridine rings is 1. The van der Waals surface area contributed by atoms with Gasteiger partial charge in [-0.2, -0.15) is 0 Å². The zero-order valence-corrected chi connectivity index (χ0v) is 12.2. The van der Waals surface area contributed by atoms with Crippen molar-refractivity contribution < 1.29 is 0 Å². The first-order valence-corrected chi connectivity index (χ1v) is 7.49. The highest BCUT2D eigenvalue weighted by Crippen LogP contribution is 2.29. The molecule has 1 saturated heterocycles. The van der Waals surface area contributed by atoms with Crippen molar-refractivity contribution in [2.75, 3.05) is 18.0 Å². The Hall–Kier alpha value is -0.760. The second-order valence-corrected chi connectivity index (χ2v) is 5.83. The van der Waals surface area contributed by atoms with Gasteiger partial charge in [0.1, 0.15) is 0 Å². The van der Waals surface area contributed by atoms with E-state index in [1.54, 1.807) is 0 Å². The standard InChI is InChI=1S/C15H23ClN2/c1-12(2)13-4-3-8-18(9-6-13)15-11-17-7-5-14(15)10-16/h5,7,11-13H,3-4,6,8-10H2,1-2H3. The number of halogens is 1. The minimum absolute atomic E-state index is 0.571. The molecular weight excluding hydrogens is 244 g/mol. The van der Waals surface area contributed by atoms with Crippen molar-refractivity contribution in [2.24, 2.45) is 11.8 Å². The number of anilines is 1. The molecule has 3 heteroatoms. The molecule has 0 saturated carbocycles. The Morgan fingerprint density at radius 1 is 1.39 bits per heavy atom. The summed E-state index contributed by atoms with van der Waals surface area (Å²) < 4.78 is 0. The molecule has 1 unspecified atom stereocenters. The van der Waals surface area contributed by atoms with E-state index in [-0.39, 0.29) is 0 Å². The van der Waals surface area contributed by atoms with Gasteiger partial charge in [-0.05, 0) is 42.7 Å². The molecule has 0 N–H and O–H groups in total. The maximum atomic E-state index is 6.02. The van der Waals surface area contributed by atoms with Crippen LogP contribution in [0, 0.1) is 11.8 Å². The van der Waals surface area contributed by atoms with Crippen LogP contribution >= 0.6 is 11.6 Å². The molecule has 100 valence electrons. The summed E-state index contributed by atoms with van der Waals surface area (Å²) in [4.78, 5) is 6.72. The van der Waals surface area contributed by atoms with E-state index in [0.717, 1.165) is 24.9 Å². The summed E-state index contributed by atoms with van der Waals surface area (Å²) >= 11 is 6.02. The summed E-state index contributed by atoms with van der Waals surface area (Å²) in [7, 11) is 0. The fraction of sp³-hybridized carbons (Fsp3) is 0.667. The average Bonchev–Trinajstić information content (AvgIpc) is 2.64. The molecule has 0 aromatic carbocycles. The molecule has 1 aliphatic heterocycles. The van der Waals surface area contributed by atoms with Crippen molar-refractivity contribution >= 4 is 17.3 Å². The minimum Gasteiger partial charge on any atom is -0.370 e. The van der Waals surface area contributed by atoms with Crippen molar-refractivity contribution in [3.05, 3.63) is 24.0 Å². The number of alkyl halides is 1. The van der Waals surface area contributed by atoms with Gasteiger partial charge >= 0.3 is 0 Å². The Morgan fingerprint density at radius 2 is 2.22 bits per heavy atom. The third-order valence-electron chi connectivity index (χ3n) is 4.09. The van der Waals surface area contributed by atoms with Crippen LogP contribution < -0.4 is 4.90 Å². The maximum absolute atomic E-state index is 6.02. The van der Waals surface area contributed by atoms with E-state index in [1.165, 1.54) is 30.5 Å². The number of nitrogens with zero attached hydrogens (tertiary/aromatic N) is 2. The monoisotopic (exact) mass is 266 g/mol. The maximum Gasteiger partial charge on any atom is 0.0597 e. The second kappa shape index (κ2) is 6.42. The number of hydrogen-bond donors (Lipinski definition) is 0. The smallest absolute Gasteiger partial charge is 0.0597 e. The van der Waals surface area contributed by atoms with Gasteiger partial charge < -0.3 is 4.90 Å². The molecule has 0 amide bonds. The number of hydrogen-bond acceptors (Lipinski definition) is 2. The molecular formula is C15H23ClN2. The van der Waals surface area contributed by atoms with Crippen LogP contribution in [0.1, 0.15) is 38.7 Å². The van der Waals surface area contributed by atoms with Crippen molar-refractivity contribution in [3.8, 4) is 0 Å². The molecule has 2 nitrogen and oxygen atoms in total. The van der Waals surface area contributed by atoms with Crippen LogP contribution in [0.3, 0.4) is 0 Å². The molecule has 0 spiro atoms. The van der Waals surface area contributed by atoms with Crippen LogP contribution in [-0.4, -0.2) is 18.1 Å². The van der Waals surface area contributed by atoms with Gasteiger partial charge in [-0.25, -0.2) is 0 Å². The van der Waals surface area contributed by atoms with Crippen molar-refractivity contribution in [3.63, 3.8) is 0 Å². The van der Waals surface area contributed by atoms with Gasteiger partial charge in [0.15, 0.2) is 0 Å². The quantitative estimate of drug-likeness (QED) is 0.767. The number of rotatable bonds is 3. The van der Waals surface area contributed by atoms with E-state index in [0.29, 0.717) is 5.88 Å². The highest BCUT2D eigenvalue weighted by molar-refractivity contribution is 6.17. The summed E-state index contributed by atoms with van der Waals surface area (Å²) in [6.07, 6.45) is 7.71. The largest absolute Gasteiger partial charge is 0.370 e. The van der Waals surface area contributed by atoms with E-state index in [1.807, 2.05) is 18.5 Å². The van der Waals surface area contributed by atoms with E-state index >= 15 is 0 Å². The lowest BCUT2D eigenvalue weighted by Gasteiger charge is -2.25. The summed E-state index contributed by atoms with van der Waals surface area (Å²) in [6.45, 7) is 6.96. The fourth-order valence-corrected chi connectivity index (χ4v) is 3.07. The first-order valence-electron chi connectivity index (χ1n) is 6.96. The predicted molar refractivity (Wildman–Crippen MR) is 78.2 cm³/mol. The molecule has 1 atom stereocenters. The first-order chi connectivity index (χ1) is 8.72. The lowest BCUT2D eigenvalue weighted by molar-refractivity contribution is 0.351. The third-order valence-corrected chi connectivity index (χ3v) is 4.38. The van der Waals surface area contributed by atoms with Gasteiger partial charge in [0.25, 0.3) is 0 Å². The van der Waals surface area contributed by atoms with Crippen LogP contribution in [0.2, 0.25) is 0 Å². The Labute approximate surface area is 115 Å². The highest BCUT2D eigenvalue weighted by atomic mass is 35.5. The summed E-state index contributed by atoms with van der Waals surface area (Å²) in [6, 6.07) is 2.03. The molecule has 1 aromatic heterocycles. The first kappa shape index (κ1) is 13.7. The molecule has 0 radical (unpaired) electrons. The van der Waals surface area contributed by atoms with Gasteiger partial charge in [-0.15, -0.1) is 11.6 Å². The molecule has 1 aromatic rings. The zero-order chi connectivity index (χ0) is 13.0. The van der Waals surface area contributed by atoms with Crippen molar-refractivity contribution in [2.45, 2.75) is 39.0 Å². The van der Waals surface area contributed by atoms with E-state index in [4.69, 9.17) is 11.6 Å². The summed E-state index contributed by atoms with van der Waals surface area (Å²) in [5, 5.41) is 0. The van der Waals surface area contributed by atoms with E-state index in [2.05, 4.69) is 23.7 Å². The summed E-state index contributed by atoms with van der Waals surface area (Å²) in [5.41, 5.74) is 2.44. The minimum atomic E-state index is 0.571. The lowest BCUT2D eigenvalue weighted by Crippen LogP contribution is -2.25. The Kier molecular flexibility index (Phi) is 4.87. The van der Waals surface area contributed by atoms with Crippen LogP contribution in [0.4, 0.5) is 5.69 Å². The molecule has 0 aliphatic carbocycles. The third kappa shape index (κ3) is 3.17. The molecule has 1 fully saturated rings. The van der Waals surface area contributed by atoms with Crippen LogP contribution in [0.15, 0.2) is 18.5 Å². The zero-order valence-electron chi connectivity index (χ0n) is 11.4. The molecule has 1 aliphatic rings. The van der Waals surface area contributed by atoms with Crippen molar-refractivity contribution in [1.29, 1.82) is 0 Å². The van der Waals surface area contributed by atoms with Crippen molar-refractivity contribution in [1.82, 2.24) is 4.98 Å². The number of aromatic nitrogens is 1. The molecule has 0 bridgehead atoms. The van der Waals surface area contributed by atoms with Crippen LogP contribution in [0.5, 0.6) is 0 Å². The Bertz CT molecular complexity index is 379. The Morgan fingerprint density at radius 3 is 2.94 bits per heavy atom. The highest BCUT2D eigenvalue weighted by Gasteiger charge is 2.20. The van der Waals surface area contributed by atoms with Gasteiger partial charge in [-0.1, -0.05) is 13.8 Å². The van der Waals surface area contributed by atoms with E-state index < -0.39 is 0 Å². The predicted octanol–water partition coefficient (Wildman–Crippen LogP) is 4.08. The lowest BCUT2D eigenvalue weighted by atomic mass is 9.89. The summed E-state index contributed by atoms with van der Waals surface area (Å²) in [5.74, 6) is 2.24. The second-order valence-electron chi connectivity index (χ2n) is 5.56. The van der Waals surface area contributed by atoms with Crippen LogP contribution in [0.25, 0.3) is 0 Å². The van der Waals surface area contributed by atoms with Crippen LogP contribution in [-0.2, 0) is 5.88 Å². The normalized spacial score (nSPS) is 21.1. The van der Waals surface area contributed by atoms with E-state index in [9.17, 15) is 0 Å². The fourth-order valence-electron chi connectivity index (χ4n) is 2.84. The topological polar surface area (TPSA) is 16.1 Å². The average molecular weight is 267 g/mol. The van der Waals surface area contributed by atoms with Gasteiger partial charge in [0.2, 0.25) is 0 Å². The molecule has 2 rings (SSSR count). The SMILES string of the molecule is CC(C)C1CCCN(c2cnccc2CCl)CC1. The van der Waals surface area contributed by atoms with Gasteiger partial charge in [0, 0.05) is 25.2 Å². The molecule has 2 heterocycles. The molecule has 18 heavy (non-hydrogen) atoms.